The fourth-order valence-corrected chi connectivity index (χ4v) is 4.36. The van der Waals surface area contributed by atoms with Crippen LogP contribution in [-0.4, -0.2) is 53.3 Å². The van der Waals surface area contributed by atoms with Gasteiger partial charge in [-0.25, -0.2) is 9.59 Å². The molecule has 0 spiro atoms. The Morgan fingerprint density at radius 3 is 1.35 bits per heavy atom. The van der Waals surface area contributed by atoms with E-state index in [4.69, 9.17) is 0 Å². The monoisotopic (exact) mass is 684 g/mol. The van der Waals surface area contributed by atoms with Crippen molar-refractivity contribution >= 4 is 35.2 Å². The predicted octanol–water partition coefficient (Wildman–Crippen LogP) is 7.70. The van der Waals surface area contributed by atoms with E-state index in [1.54, 1.807) is 0 Å². The summed E-state index contributed by atoms with van der Waals surface area (Å²) in [6, 6.07) is 17.3. The van der Waals surface area contributed by atoms with E-state index in [9.17, 15) is 28.8 Å². The van der Waals surface area contributed by atoms with Crippen LogP contribution in [0, 0.1) is 0 Å². The van der Waals surface area contributed by atoms with Crippen LogP contribution in [0.15, 0.2) is 60.7 Å². The molecule has 0 heterocycles. The maximum atomic E-state index is 12.1. The largest absolute Gasteiger partial charge is 0.335 e. The summed E-state index contributed by atoms with van der Waals surface area (Å²) in [6.45, 7) is 17.7. The van der Waals surface area contributed by atoms with E-state index in [1.807, 2.05) is 102 Å². The molecule has 2 aromatic rings. The average molecular weight is 685 g/mol. The highest BCUT2D eigenvalue weighted by Crippen LogP contribution is 2.15. The molecule has 276 valence electrons. The summed E-state index contributed by atoms with van der Waals surface area (Å²) in [4.78, 5) is 69.1. The number of nitrogens with one attached hydrogen (secondary N) is 4. The van der Waals surface area contributed by atoms with Gasteiger partial charge in [-0.3, -0.25) is 9.59 Å². The van der Waals surface area contributed by atoms with Crippen molar-refractivity contribution in [2.75, 3.05) is 0 Å². The Hall–Kier alpha value is -4.34. The van der Waals surface area contributed by atoms with Gasteiger partial charge in [0.15, 0.2) is 11.6 Å². The van der Waals surface area contributed by atoms with Crippen molar-refractivity contribution in [3.05, 3.63) is 71.8 Å². The first-order chi connectivity index (χ1) is 22.8. The second-order valence-corrected chi connectivity index (χ2v) is 11.0. The minimum Gasteiger partial charge on any atom is -0.335 e. The molecule has 0 aliphatic carbocycles. The van der Waals surface area contributed by atoms with Gasteiger partial charge in [0, 0.05) is 18.9 Å². The topological polar surface area (TPSA) is 151 Å². The Balaban J connectivity index is -0.000000769. The summed E-state index contributed by atoms with van der Waals surface area (Å²) in [6.07, 6.45) is 2.69. The highest BCUT2D eigenvalue weighted by Gasteiger charge is 2.20. The quantitative estimate of drug-likeness (QED) is 0.142. The molecule has 10 nitrogen and oxygen atoms in total. The minimum atomic E-state index is -0.628. The van der Waals surface area contributed by atoms with Crippen LogP contribution in [0.1, 0.15) is 126 Å². The van der Waals surface area contributed by atoms with Crippen molar-refractivity contribution < 1.29 is 28.8 Å². The number of hydrogen-bond acceptors (Lipinski definition) is 6. The van der Waals surface area contributed by atoms with Crippen LogP contribution < -0.4 is 21.3 Å². The zero-order valence-corrected chi connectivity index (χ0v) is 30.8. The molecule has 0 saturated heterocycles. The number of amides is 4. The number of ketones is 4. The van der Waals surface area contributed by atoms with E-state index in [-0.39, 0.29) is 67.5 Å². The molecule has 4 amide bonds. The number of hydrogen-bond donors (Lipinski definition) is 4. The van der Waals surface area contributed by atoms with Crippen molar-refractivity contribution in [2.24, 2.45) is 0 Å². The van der Waals surface area contributed by atoms with Gasteiger partial charge in [-0.05, 0) is 71.4 Å². The van der Waals surface area contributed by atoms with Gasteiger partial charge < -0.3 is 30.9 Å². The lowest BCUT2D eigenvalue weighted by Gasteiger charge is -2.21. The first kappa shape index (κ1) is 49.1. The smallest absolute Gasteiger partial charge is 0.315 e. The second-order valence-electron chi connectivity index (χ2n) is 11.0. The lowest BCUT2D eigenvalue weighted by atomic mass is 10.0. The summed E-state index contributed by atoms with van der Waals surface area (Å²) in [5, 5.41) is 11.0. The van der Waals surface area contributed by atoms with Gasteiger partial charge in [0.2, 0.25) is 0 Å². The third-order valence-corrected chi connectivity index (χ3v) is 6.84. The Morgan fingerprint density at radius 1 is 0.592 bits per heavy atom. The van der Waals surface area contributed by atoms with Crippen LogP contribution in [0.25, 0.3) is 0 Å². The van der Waals surface area contributed by atoms with Crippen molar-refractivity contribution in [2.45, 2.75) is 139 Å². The van der Waals surface area contributed by atoms with Gasteiger partial charge in [0.25, 0.3) is 0 Å². The van der Waals surface area contributed by atoms with Crippen LogP contribution in [0.5, 0.6) is 0 Å². The molecule has 0 fully saturated rings. The normalized spacial score (nSPS) is 12.0. The Kier molecular flexibility index (Phi) is 29.8. The highest BCUT2D eigenvalue weighted by atomic mass is 16.2. The van der Waals surface area contributed by atoms with Crippen molar-refractivity contribution in [3.8, 4) is 0 Å². The Morgan fingerprint density at radius 2 is 0.980 bits per heavy atom. The summed E-state index contributed by atoms with van der Waals surface area (Å²) in [5.41, 5.74) is 2.15. The molecule has 0 aliphatic heterocycles. The lowest BCUT2D eigenvalue weighted by molar-refractivity contribution is -0.121. The van der Waals surface area contributed by atoms with E-state index < -0.39 is 12.1 Å². The summed E-state index contributed by atoms with van der Waals surface area (Å²) in [7, 11) is 0. The maximum Gasteiger partial charge on any atom is 0.315 e. The van der Waals surface area contributed by atoms with Gasteiger partial charge in [-0.1, -0.05) is 103 Å². The molecular formula is C39H64N4O6. The molecule has 0 saturated carbocycles. The Bertz CT molecular complexity index is 1220. The summed E-state index contributed by atoms with van der Waals surface area (Å²) >= 11 is 0. The van der Waals surface area contributed by atoms with Crippen LogP contribution in [0.2, 0.25) is 0 Å². The lowest BCUT2D eigenvalue weighted by Crippen LogP contribution is -2.48. The molecule has 10 heteroatoms. The van der Waals surface area contributed by atoms with E-state index >= 15 is 0 Å². The van der Waals surface area contributed by atoms with Gasteiger partial charge in [-0.15, -0.1) is 0 Å². The van der Waals surface area contributed by atoms with Gasteiger partial charge in [-0.2, -0.15) is 0 Å². The number of benzene rings is 2. The van der Waals surface area contributed by atoms with Crippen molar-refractivity contribution in [1.82, 2.24) is 21.3 Å². The summed E-state index contributed by atoms with van der Waals surface area (Å²) < 4.78 is 0. The van der Waals surface area contributed by atoms with Gasteiger partial charge in [0.1, 0.15) is 11.6 Å². The zero-order valence-electron chi connectivity index (χ0n) is 30.8. The average Bonchev–Trinajstić information content (AvgIpc) is 3.06. The van der Waals surface area contributed by atoms with Crippen molar-refractivity contribution in [1.29, 1.82) is 0 Å². The molecule has 0 aromatic heterocycles. The fraction of sp³-hybridized carbons (Fsp3) is 0.538. The van der Waals surface area contributed by atoms with Crippen molar-refractivity contribution in [3.63, 3.8) is 0 Å². The zero-order chi connectivity index (χ0) is 37.1. The predicted molar refractivity (Wildman–Crippen MR) is 201 cm³/mol. The first-order valence-corrected chi connectivity index (χ1v) is 17.0. The molecular weight excluding hydrogens is 620 g/mol. The first-order valence-electron chi connectivity index (χ1n) is 17.0. The standard InChI is InChI=1S/2C17H24N2O3.2C2H6.CH4/c1-12(11-15-7-5-4-6-8-15)18-17(22)19-16(14(3)21)10-9-13(2)20;1-4-15(14-8-6-5-7-9-14)18-17(22)19-16(13(3)21)11-10-12(2)20;2*1-2;/h4-8,12,16H,9-11H2,1-3H3,(H2,18,19,22);5-9,15-16H,4,10-11H2,1-3H3,(H2,18,19,22);2*1-2H3;1H4. The molecule has 4 N–H and O–H groups in total. The summed E-state index contributed by atoms with van der Waals surface area (Å²) in [5.74, 6) is -0.286. The molecule has 4 atom stereocenters. The number of carbonyl (C=O) groups is 6. The number of carbonyl (C=O) groups excluding carboxylic acids is 6. The number of urea groups is 2. The maximum absolute atomic E-state index is 12.1. The van der Waals surface area contributed by atoms with Gasteiger partial charge >= 0.3 is 12.1 Å². The van der Waals surface area contributed by atoms with Crippen LogP contribution >= 0.6 is 0 Å². The van der Waals surface area contributed by atoms with E-state index in [0.717, 1.165) is 17.5 Å². The molecule has 0 radical (unpaired) electrons. The van der Waals surface area contributed by atoms with E-state index in [1.165, 1.54) is 27.7 Å². The molecule has 49 heavy (non-hydrogen) atoms. The fourth-order valence-electron chi connectivity index (χ4n) is 4.36. The number of rotatable bonds is 16. The van der Waals surface area contributed by atoms with Crippen LogP contribution in [0.3, 0.4) is 0 Å². The Labute approximate surface area is 296 Å². The molecule has 2 aromatic carbocycles. The minimum absolute atomic E-state index is 0. The molecule has 2 rings (SSSR count). The molecule has 0 bridgehead atoms. The van der Waals surface area contributed by atoms with Gasteiger partial charge in [0.05, 0.1) is 18.1 Å². The third-order valence-electron chi connectivity index (χ3n) is 6.84. The van der Waals surface area contributed by atoms with Crippen LogP contribution in [0.4, 0.5) is 9.59 Å². The SMILES string of the molecule is C.CC.CC.CC(=O)CCC(NC(=O)NC(C)Cc1ccccc1)C(C)=O.CCC(NC(=O)NC(CCC(C)=O)C(C)=O)c1ccccc1. The number of Topliss-reactive ketones (excluding diaryl/α,β-unsaturated/α-hetero) is 4. The third kappa shape index (κ3) is 24.5. The van der Waals surface area contributed by atoms with Crippen LogP contribution in [-0.2, 0) is 25.6 Å². The van der Waals surface area contributed by atoms with E-state index in [2.05, 4.69) is 21.3 Å². The highest BCUT2D eigenvalue weighted by molar-refractivity contribution is 5.88. The van der Waals surface area contributed by atoms with E-state index in [0.29, 0.717) is 19.3 Å². The second kappa shape index (κ2) is 29.8. The molecule has 4 unspecified atom stereocenters. The molecule has 0 aliphatic rings.